The predicted molar refractivity (Wildman–Crippen MR) is 79.2 cm³/mol. The first-order valence-electron chi connectivity index (χ1n) is 6.61. The third-order valence-electron chi connectivity index (χ3n) is 3.36. The van der Waals surface area contributed by atoms with Gasteiger partial charge in [0.15, 0.2) is 0 Å². The van der Waals surface area contributed by atoms with Gasteiger partial charge in [0.05, 0.1) is 6.26 Å². The second kappa shape index (κ2) is 6.43. The molecule has 1 aliphatic heterocycles. The van der Waals surface area contributed by atoms with Crippen LogP contribution in [0.5, 0.6) is 5.75 Å². The van der Waals surface area contributed by atoms with Crippen LogP contribution < -0.4 is 10.5 Å². The third-order valence-corrected chi connectivity index (χ3v) is 4.66. The second-order valence-corrected chi connectivity index (χ2v) is 6.90. The molecule has 20 heavy (non-hydrogen) atoms. The minimum Gasteiger partial charge on any atom is -0.492 e. The molecule has 1 aliphatic rings. The molecule has 1 heterocycles. The Hall–Kier alpha value is -1.31. The highest BCUT2D eigenvalue weighted by molar-refractivity contribution is 7.88. The summed E-state index contributed by atoms with van der Waals surface area (Å²) in [6.07, 6.45) is 1.26. The van der Waals surface area contributed by atoms with Crippen molar-refractivity contribution in [1.29, 1.82) is 0 Å². The number of nitrogen functional groups attached to an aromatic ring is 1. The molecule has 7 heteroatoms. The number of nitrogens with two attached hydrogens (primary N) is 1. The highest BCUT2D eigenvalue weighted by atomic mass is 32.2. The van der Waals surface area contributed by atoms with Gasteiger partial charge in [-0.3, -0.25) is 4.90 Å². The van der Waals surface area contributed by atoms with Crippen molar-refractivity contribution in [3.05, 3.63) is 24.3 Å². The zero-order valence-electron chi connectivity index (χ0n) is 11.7. The summed E-state index contributed by atoms with van der Waals surface area (Å²) in [5, 5.41) is 0. The maximum Gasteiger partial charge on any atom is 0.211 e. The van der Waals surface area contributed by atoms with Crippen LogP contribution in [0.15, 0.2) is 24.3 Å². The number of anilines is 1. The normalized spacial score (nSPS) is 18.1. The van der Waals surface area contributed by atoms with Crippen LogP contribution in [-0.4, -0.2) is 63.2 Å². The standard InChI is InChI=1S/C13H21N3O3S/c1-20(17,18)16-8-6-15(7-9-16)10-11-19-13-4-2-12(14)3-5-13/h2-5H,6-11,14H2,1H3. The van der Waals surface area contributed by atoms with Gasteiger partial charge in [-0.05, 0) is 24.3 Å². The van der Waals surface area contributed by atoms with Gasteiger partial charge in [-0.2, -0.15) is 4.31 Å². The van der Waals surface area contributed by atoms with E-state index in [9.17, 15) is 8.42 Å². The van der Waals surface area contributed by atoms with Gasteiger partial charge in [0.1, 0.15) is 12.4 Å². The van der Waals surface area contributed by atoms with Gasteiger partial charge < -0.3 is 10.5 Å². The van der Waals surface area contributed by atoms with Gasteiger partial charge in [0, 0.05) is 38.4 Å². The summed E-state index contributed by atoms with van der Waals surface area (Å²) < 4.78 is 29.9. The Balaban J connectivity index is 1.70. The molecular formula is C13H21N3O3S. The lowest BCUT2D eigenvalue weighted by Crippen LogP contribution is -2.49. The largest absolute Gasteiger partial charge is 0.492 e. The molecule has 0 aliphatic carbocycles. The number of hydrogen-bond acceptors (Lipinski definition) is 5. The minimum atomic E-state index is -3.05. The number of benzene rings is 1. The molecule has 0 bridgehead atoms. The summed E-state index contributed by atoms with van der Waals surface area (Å²) >= 11 is 0. The number of piperazine rings is 1. The Morgan fingerprint density at radius 3 is 2.30 bits per heavy atom. The van der Waals surface area contributed by atoms with Gasteiger partial charge >= 0.3 is 0 Å². The lowest BCUT2D eigenvalue weighted by atomic mass is 10.3. The Kier molecular flexibility index (Phi) is 4.85. The van der Waals surface area contributed by atoms with Crippen molar-refractivity contribution < 1.29 is 13.2 Å². The van der Waals surface area contributed by atoms with Crippen LogP contribution in [0.2, 0.25) is 0 Å². The zero-order valence-corrected chi connectivity index (χ0v) is 12.5. The number of hydrogen-bond donors (Lipinski definition) is 1. The van der Waals surface area contributed by atoms with E-state index in [0.717, 1.165) is 25.4 Å². The Morgan fingerprint density at radius 2 is 1.75 bits per heavy atom. The van der Waals surface area contributed by atoms with Crippen molar-refractivity contribution >= 4 is 15.7 Å². The molecule has 1 fully saturated rings. The first-order chi connectivity index (χ1) is 9.45. The monoisotopic (exact) mass is 299 g/mol. The van der Waals surface area contributed by atoms with Crippen LogP contribution in [0, 0.1) is 0 Å². The zero-order chi connectivity index (χ0) is 14.6. The van der Waals surface area contributed by atoms with Gasteiger partial charge in [-0.15, -0.1) is 0 Å². The fourth-order valence-electron chi connectivity index (χ4n) is 2.14. The molecule has 0 saturated carbocycles. The van der Waals surface area contributed by atoms with Crippen molar-refractivity contribution in [3.63, 3.8) is 0 Å². The number of ether oxygens (including phenoxy) is 1. The first kappa shape index (κ1) is 15.1. The molecule has 112 valence electrons. The first-order valence-corrected chi connectivity index (χ1v) is 8.46. The molecule has 0 unspecified atom stereocenters. The van der Waals surface area contributed by atoms with E-state index in [0.29, 0.717) is 25.4 Å². The van der Waals surface area contributed by atoms with Crippen LogP contribution in [0.25, 0.3) is 0 Å². The van der Waals surface area contributed by atoms with Crippen LogP contribution >= 0.6 is 0 Å². The summed E-state index contributed by atoms with van der Waals surface area (Å²) in [6.45, 7) is 3.99. The summed E-state index contributed by atoms with van der Waals surface area (Å²) in [6, 6.07) is 7.30. The molecule has 0 amide bonds. The van der Waals surface area contributed by atoms with Crippen molar-refractivity contribution in [1.82, 2.24) is 9.21 Å². The van der Waals surface area contributed by atoms with Crippen LogP contribution in [0.4, 0.5) is 5.69 Å². The number of rotatable bonds is 5. The Bertz CT molecular complexity index is 522. The van der Waals surface area contributed by atoms with E-state index in [1.807, 2.05) is 12.1 Å². The SMILES string of the molecule is CS(=O)(=O)N1CCN(CCOc2ccc(N)cc2)CC1. The van der Waals surface area contributed by atoms with Gasteiger partial charge in [-0.25, -0.2) is 8.42 Å². The van der Waals surface area contributed by atoms with Crippen molar-refractivity contribution in [3.8, 4) is 5.75 Å². The smallest absolute Gasteiger partial charge is 0.211 e. The molecule has 2 N–H and O–H groups in total. The highest BCUT2D eigenvalue weighted by Crippen LogP contribution is 2.13. The van der Waals surface area contributed by atoms with Crippen molar-refractivity contribution in [2.45, 2.75) is 0 Å². The van der Waals surface area contributed by atoms with Crippen molar-refractivity contribution in [2.24, 2.45) is 0 Å². The van der Waals surface area contributed by atoms with E-state index in [1.54, 1.807) is 12.1 Å². The lowest BCUT2D eigenvalue weighted by Gasteiger charge is -2.33. The maximum atomic E-state index is 11.4. The highest BCUT2D eigenvalue weighted by Gasteiger charge is 2.22. The average Bonchev–Trinajstić information content (AvgIpc) is 2.41. The second-order valence-electron chi connectivity index (χ2n) is 4.92. The van der Waals surface area contributed by atoms with E-state index in [-0.39, 0.29) is 0 Å². The van der Waals surface area contributed by atoms with Crippen LogP contribution in [0.3, 0.4) is 0 Å². The summed E-state index contributed by atoms with van der Waals surface area (Å²) in [5.41, 5.74) is 6.32. The molecule has 6 nitrogen and oxygen atoms in total. The van der Waals surface area contributed by atoms with E-state index < -0.39 is 10.0 Å². The third kappa shape index (κ3) is 4.36. The minimum absolute atomic E-state index is 0.556. The van der Waals surface area contributed by atoms with Gasteiger partial charge in [-0.1, -0.05) is 0 Å². The predicted octanol–water partition coefficient (Wildman–Crippen LogP) is 0.225. The van der Waals surface area contributed by atoms with Crippen LogP contribution in [-0.2, 0) is 10.0 Å². The summed E-state index contributed by atoms with van der Waals surface area (Å²) in [5.74, 6) is 0.800. The van der Waals surface area contributed by atoms with E-state index >= 15 is 0 Å². The molecule has 2 rings (SSSR count). The Morgan fingerprint density at radius 1 is 1.15 bits per heavy atom. The van der Waals surface area contributed by atoms with Gasteiger partial charge in [0.25, 0.3) is 0 Å². The molecule has 0 aromatic heterocycles. The topological polar surface area (TPSA) is 75.9 Å². The van der Waals surface area contributed by atoms with Gasteiger partial charge in [0.2, 0.25) is 10.0 Å². The summed E-state index contributed by atoms with van der Waals surface area (Å²) in [7, 11) is -3.05. The number of sulfonamides is 1. The molecular weight excluding hydrogens is 278 g/mol. The van der Waals surface area contributed by atoms with E-state index in [2.05, 4.69) is 4.90 Å². The average molecular weight is 299 g/mol. The molecule has 1 aromatic rings. The molecule has 0 radical (unpaired) electrons. The lowest BCUT2D eigenvalue weighted by molar-refractivity contribution is 0.159. The fourth-order valence-corrected chi connectivity index (χ4v) is 2.97. The maximum absolute atomic E-state index is 11.4. The van der Waals surface area contributed by atoms with E-state index in [4.69, 9.17) is 10.5 Å². The Labute approximate surface area is 120 Å². The number of nitrogens with zero attached hydrogens (tertiary/aromatic N) is 2. The van der Waals surface area contributed by atoms with Crippen LogP contribution in [0.1, 0.15) is 0 Å². The quantitative estimate of drug-likeness (QED) is 0.788. The van der Waals surface area contributed by atoms with Crippen molar-refractivity contribution in [2.75, 3.05) is 51.3 Å². The summed E-state index contributed by atoms with van der Waals surface area (Å²) in [4.78, 5) is 2.21. The molecule has 1 saturated heterocycles. The molecule has 0 spiro atoms. The van der Waals surface area contributed by atoms with E-state index in [1.165, 1.54) is 10.6 Å². The molecule has 1 aromatic carbocycles. The molecule has 0 atom stereocenters. The fraction of sp³-hybridized carbons (Fsp3) is 0.538.